The average Bonchev–Trinajstić information content (AvgIpc) is 2.62. The van der Waals surface area contributed by atoms with Crippen molar-refractivity contribution in [3.05, 3.63) is 59.7 Å². The molecule has 2 aromatic carbocycles. The monoisotopic (exact) mass is 367 g/mol. The van der Waals surface area contributed by atoms with Gasteiger partial charge in [-0.3, -0.25) is 14.5 Å². The summed E-state index contributed by atoms with van der Waals surface area (Å²) in [6.45, 7) is 6.54. The molecule has 0 aliphatic heterocycles. The fourth-order valence-corrected chi connectivity index (χ4v) is 2.99. The Morgan fingerprint density at radius 2 is 1.41 bits per heavy atom. The lowest BCUT2D eigenvalue weighted by Gasteiger charge is -2.18. The maximum absolute atomic E-state index is 12.4. The van der Waals surface area contributed by atoms with E-state index in [0.717, 1.165) is 28.9 Å². The summed E-state index contributed by atoms with van der Waals surface area (Å²) in [6, 6.07) is 15.5. The highest BCUT2D eigenvalue weighted by Crippen LogP contribution is 2.23. The highest BCUT2D eigenvalue weighted by molar-refractivity contribution is 5.95. The Hall–Kier alpha value is -2.66. The van der Waals surface area contributed by atoms with Crippen LogP contribution in [0.2, 0.25) is 0 Å². The van der Waals surface area contributed by atoms with Crippen molar-refractivity contribution in [2.24, 2.45) is 0 Å². The van der Waals surface area contributed by atoms with Crippen LogP contribution >= 0.6 is 0 Å². The summed E-state index contributed by atoms with van der Waals surface area (Å²) in [4.78, 5) is 26.3. The first-order valence-electron chi connectivity index (χ1n) is 9.35. The van der Waals surface area contributed by atoms with E-state index < -0.39 is 0 Å². The van der Waals surface area contributed by atoms with Crippen molar-refractivity contribution in [2.75, 3.05) is 30.8 Å². The molecule has 0 aliphatic carbocycles. The first-order chi connectivity index (χ1) is 12.9. The number of hydrogen-bond acceptors (Lipinski definition) is 3. The smallest absolute Gasteiger partial charge is 0.238 e. The predicted molar refractivity (Wildman–Crippen MR) is 111 cm³/mol. The minimum Gasteiger partial charge on any atom is -0.325 e. The number of rotatable bonds is 8. The van der Waals surface area contributed by atoms with Gasteiger partial charge in [0.25, 0.3) is 0 Å². The molecule has 0 unspecified atom stereocenters. The largest absolute Gasteiger partial charge is 0.325 e. The third-order valence-electron chi connectivity index (χ3n) is 4.36. The van der Waals surface area contributed by atoms with Gasteiger partial charge in [0.2, 0.25) is 11.8 Å². The first kappa shape index (κ1) is 20.6. The van der Waals surface area contributed by atoms with Crippen molar-refractivity contribution in [3.8, 4) is 0 Å². The molecule has 0 bridgehead atoms. The van der Waals surface area contributed by atoms with Crippen LogP contribution in [0.4, 0.5) is 11.4 Å². The number of benzene rings is 2. The summed E-state index contributed by atoms with van der Waals surface area (Å²) in [5, 5.41) is 5.88. The van der Waals surface area contributed by atoms with Gasteiger partial charge in [-0.25, -0.2) is 0 Å². The normalized spacial score (nSPS) is 10.9. The molecular weight excluding hydrogens is 338 g/mol. The Bertz CT molecular complexity index is 787. The Labute approximate surface area is 161 Å². The van der Waals surface area contributed by atoms with Crippen LogP contribution in [0.25, 0.3) is 0 Å². The van der Waals surface area contributed by atoms with Crippen LogP contribution in [0.1, 0.15) is 37.8 Å². The molecule has 0 fully saturated rings. The van der Waals surface area contributed by atoms with Gasteiger partial charge in [0.05, 0.1) is 13.1 Å². The molecule has 5 nitrogen and oxygen atoms in total. The van der Waals surface area contributed by atoms with Gasteiger partial charge in [0.1, 0.15) is 0 Å². The Balaban J connectivity index is 1.89. The Kier molecular flexibility index (Phi) is 7.55. The lowest BCUT2D eigenvalue weighted by atomic mass is 10.0. The fourth-order valence-electron chi connectivity index (χ4n) is 2.99. The number of nitrogens with one attached hydrogen (secondary N) is 2. The second kappa shape index (κ2) is 9.88. The number of carbonyl (C=O) groups is 2. The van der Waals surface area contributed by atoms with Crippen LogP contribution in [0.15, 0.2) is 48.5 Å². The van der Waals surface area contributed by atoms with Crippen LogP contribution in [0.3, 0.4) is 0 Å². The first-order valence-corrected chi connectivity index (χ1v) is 9.35. The van der Waals surface area contributed by atoms with Crippen molar-refractivity contribution in [1.29, 1.82) is 0 Å². The van der Waals surface area contributed by atoms with Crippen molar-refractivity contribution in [3.63, 3.8) is 0 Å². The van der Waals surface area contributed by atoms with Gasteiger partial charge in [0.15, 0.2) is 0 Å². The van der Waals surface area contributed by atoms with Crippen molar-refractivity contribution in [1.82, 2.24) is 4.90 Å². The van der Waals surface area contributed by atoms with E-state index in [1.54, 1.807) is 11.9 Å². The summed E-state index contributed by atoms with van der Waals surface area (Å²) >= 11 is 0. The molecule has 0 atom stereocenters. The molecule has 5 heteroatoms. The molecule has 2 amide bonds. The second-order valence-electron chi connectivity index (χ2n) is 7.02. The highest BCUT2D eigenvalue weighted by atomic mass is 16.2. The summed E-state index contributed by atoms with van der Waals surface area (Å²) in [5.74, 6) is 0.0600. The van der Waals surface area contributed by atoms with Gasteiger partial charge < -0.3 is 10.6 Å². The molecule has 2 rings (SSSR count). The molecule has 2 N–H and O–H groups in total. The minimum atomic E-state index is -0.132. The maximum atomic E-state index is 12.4. The zero-order valence-electron chi connectivity index (χ0n) is 16.6. The summed E-state index contributed by atoms with van der Waals surface area (Å²) in [5.41, 5.74) is 3.85. The molecule has 0 spiro atoms. The number of carbonyl (C=O) groups excluding carboxylic acids is 2. The molecule has 0 heterocycles. The molecule has 0 saturated carbocycles. The van der Waals surface area contributed by atoms with Gasteiger partial charge in [-0.05, 0) is 42.6 Å². The molecule has 2 aromatic rings. The lowest BCUT2D eigenvalue weighted by Crippen LogP contribution is -2.36. The number of hydrogen-bond donors (Lipinski definition) is 2. The van der Waals surface area contributed by atoms with Gasteiger partial charge in [-0.15, -0.1) is 0 Å². The van der Waals surface area contributed by atoms with E-state index in [9.17, 15) is 9.59 Å². The van der Waals surface area contributed by atoms with E-state index in [1.807, 2.05) is 48.5 Å². The van der Waals surface area contributed by atoms with Gasteiger partial charge in [-0.1, -0.05) is 57.2 Å². The third-order valence-corrected chi connectivity index (χ3v) is 4.36. The molecule has 0 aliphatic rings. The van der Waals surface area contributed by atoms with E-state index in [2.05, 4.69) is 31.4 Å². The van der Waals surface area contributed by atoms with Crippen molar-refractivity contribution >= 4 is 23.2 Å². The van der Waals surface area contributed by atoms with Crippen LogP contribution < -0.4 is 10.6 Å². The van der Waals surface area contributed by atoms with Gasteiger partial charge in [0, 0.05) is 11.4 Å². The second-order valence-corrected chi connectivity index (χ2v) is 7.02. The van der Waals surface area contributed by atoms with Gasteiger partial charge in [-0.2, -0.15) is 0 Å². The molecule has 0 aromatic heterocycles. The van der Waals surface area contributed by atoms with E-state index >= 15 is 0 Å². The van der Waals surface area contributed by atoms with Crippen LogP contribution in [0, 0.1) is 0 Å². The topological polar surface area (TPSA) is 61.4 Å². The van der Waals surface area contributed by atoms with E-state index in [-0.39, 0.29) is 24.9 Å². The van der Waals surface area contributed by atoms with Crippen LogP contribution in [0.5, 0.6) is 0 Å². The minimum absolute atomic E-state index is 0.131. The van der Waals surface area contributed by atoms with Gasteiger partial charge >= 0.3 is 0 Å². The van der Waals surface area contributed by atoms with E-state index in [0.29, 0.717) is 5.92 Å². The number of anilines is 2. The number of aryl methyl sites for hydroxylation is 1. The zero-order valence-corrected chi connectivity index (χ0v) is 16.6. The molecule has 144 valence electrons. The summed E-state index contributed by atoms with van der Waals surface area (Å²) in [7, 11) is 1.76. The Morgan fingerprint density at radius 1 is 0.889 bits per heavy atom. The SMILES string of the molecule is CCc1ccccc1NC(=O)CN(C)CC(=O)Nc1ccccc1C(C)C. The summed E-state index contributed by atoms with van der Waals surface area (Å²) < 4.78 is 0. The number of likely N-dealkylation sites (N-methyl/N-ethyl adjacent to an activating group) is 1. The lowest BCUT2D eigenvalue weighted by molar-refractivity contribution is -0.119. The third kappa shape index (κ3) is 6.22. The van der Waals surface area contributed by atoms with Crippen LogP contribution in [-0.4, -0.2) is 36.9 Å². The fraction of sp³-hybridized carbons (Fsp3) is 0.364. The number of amides is 2. The Morgan fingerprint density at radius 3 is 2.00 bits per heavy atom. The molecule has 27 heavy (non-hydrogen) atoms. The van der Waals surface area contributed by atoms with Crippen molar-refractivity contribution < 1.29 is 9.59 Å². The maximum Gasteiger partial charge on any atom is 0.238 e. The quantitative estimate of drug-likeness (QED) is 0.744. The average molecular weight is 367 g/mol. The molecule has 0 saturated heterocycles. The number of para-hydroxylation sites is 2. The number of nitrogens with zero attached hydrogens (tertiary/aromatic N) is 1. The van der Waals surface area contributed by atoms with Crippen molar-refractivity contribution in [2.45, 2.75) is 33.1 Å². The standard InChI is InChI=1S/C22H29N3O2/c1-5-17-10-6-8-12-19(17)23-21(26)14-25(4)15-22(27)24-20-13-9-7-11-18(20)16(2)3/h6-13,16H,5,14-15H2,1-4H3,(H,23,26)(H,24,27). The zero-order chi connectivity index (χ0) is 19.8. The molecular formula is C22H29N3O2. The molecule has 0 radical (unpaired) electrons. The van der Waals surface area contributed by atoms with E-state index in [1.165, 1.54) is 0 Å². The van der Waals surface area contributed by atoms with E-state index in [4.69, 9.17) is 0 Å². The van der Waals surface area contributed by atoms with Crippen LogP contribution in [-0.2, 0) is 16.0 Å². The predicted octanol–water partition coefficient (Wildman–Crippen LogP) is 3.88. The summed E-state index contributed by atoms with van der Waals surface area (Å²) in [6.07, 6.45) is 0.851. The highest BCUT2D eigenvalue weighted by Gasteiger charge is 2.14.